The van der Waals surface area contributed by atoms with Crippen molar-refractivity contribution in [3.05, 3.63) is 66.7 Å². The largest absolute Gasteiger partial charge is 1.00 e. The fourth-order valence-electron chi connectivity index (χ4n) is 2.23. The summed E-state index contributed by atoms with van der Waals surface area (Å²) in [7, 11) is 0. The van der Waals surface area contributed by atoms with E-state index in [1.807, 2.05) is 54.6 Å². The van der Waals surface area contributed by atoms with Crippen molar-refractivity contribution < 1.29 is 39.7 Å². The second kappa shape index (κ2) is 6.66. The molecule has 4 heteroatoms. The molecular formula is C16H13NaO2S. The molecule has 0 bridgehead atoms. The zero-order chi connectivity index (χ0) is 13.2. The molecule has 20 heavy (non-hydrogen) atoms. The van der Waals surface area contributed by atoms with E-state index in [2.05, 4.69) is 0 Å². The van der Waals surface area contributed by atoms with Crippen LogP contribution in [0.15, 0.2) is 71.6 Å². The van der Waals surface area contributed by atoms with Gasteiger partial charge in [-0.15, -0.1) is 0 Å². The molecule has 0 spiro atoms. The first-order valence-corrected chi connectivity index (χ1v) is 7.05. The van der Waals surface area contributed by atoms with Crippen molar-refractivity contribution in [1.82, 2.24) is 0 Å². The van der Waals surface area contributed by atoms with Gasteiger partial charge in [0.25, 0.3) is 0 Å². The van der Waals surface area contributed by atoms with Gasteiger partial charge in [0.1, 0.15) is 0 Å². The van der Waals surface area contributed by atoms with Gasteiger partial charge in [-0.3, -0.25) is 0 Å². The second-order valence-corrected chi connectivity index (χ2v) is 5.27. The van der Waals surface area contributed by atoms with Gasteiger partial charge in [0.15, 0.2) is 11.1 Å². The van der Waals surface area contributed by atoms with Gasteiger partial charge < -0.3 is 5.98 Å². The molecule has 3 rings (SSSR count). The van der Waals surface area contributed by atoms with Gasteiger partial charge in [-0.2, -0.15) is 0 Å². The standard InChI is InChI=1S/C16H12O2S.Na.H/c17-19(18)14-10-9-13-7-4-8-15(16(13)11-14)12-5-2-1-3-6-12;;/h1-11H,(H,17,18);;/q;+1;-1. The molecule has 0 fully saturated rings. The molecule has 96 valence electrons. The summed E-state index contributed by atoms with van der Waals surface area (Å²) < 4.78 is 20.4. The molecule has 0 amide bonds. The molecule has 0 aliphatic carbocycles. The van der Waals surface area contributed by atoms with Crippen LogP contribution in [0.4, 0.5) is 0 Å². The van der Waals surface area contributed by atoms with Gasteiger partial charge in [-0.05, 0) is 34.0 Å². The first-order valence-electron chi connectivity index (χ1n) is 5.95. The van der Waals surface area contributed by atoms with E-state index in [0.29, 0.717) is 4.90 Å². The Labute approximate surface area is 143 Å². The zero-order valence-electron chi connectivity index (χ0n) is 12.1. The minimum atomic E-state index is -1.95. The Hall–Kier alpha value is -0.970. The van der Waals surface area contributed by atoms with Crippen molar-refractivity contribution >= 4 is 21.9 Å². The molecule has 0 aliphatic heterocycles. The maximum Gasteiger partial charge on any atom is 1.00 e. The number of hydrogen-bond acceptors (Lipinski definition) is 1. The van der Waals surface area contributed by atoms with E-state index in [9.17, 15) is 8.76 Å². The van der Waals surface area contributed by atoms with E-state index in [1.165, 1.54) is 0 Å². The Morgan fingerprint density at radius 1 is 0.900 bits per heavy atom. The number of fused-ring (bicyclic) bond motifs is 1. The van der Waals surface area contributed by atoms with Gasteiger partial charge in [0, 0.05) is 0 Å². The molecule has 3 aromatic rings. The smallest absolute Gasteiger partial charge is 1.00 e. The molecule has 0 radical (unpaired) electrons. The molecule has 0 heterocycles. The normalized spacial score (nSPS) is 11.8. The third-order valence-electron chi connectivity index (χ3n) is 3.14. The van der Waals surface area contributed by atoms with Crippen molar-refractivity contribution in [3.63, 3.8) is 0 Å². The fraction of sp³-hybridized carbons (Fsp3) is 0. The third-order valence-corrected chi connectivity index (χ3v) is 3.80. The maximum absolute atomic E-state index is 11.2. The summed E-state index contributed by atoms with van der Waals surface area (Å²) >= 11 is -1.95. The van der Waals surface area contributed by atoms with E-state index in [0.717, 1.165) is 21.9 Å². The average Bonchev–Trinajstić information content (AvgIpc) is 2.47. The van der Waals surface area contributed by atoms with Crippen molar-refractivity contribution in [3.8, 4) is 11.1 Å². The van der Waals surface area contributed by atoms with Crippen LogP contribution in [0.5, 0.6) is 0 Å². The number of hydrogen-bond donors (Lipinski definition) is 1. The molecule has 1 unspecified atom stereocenters. The van der Waals surface area contributed by atoms with Crippen LogP contribution in [0.25, 0.3) is 21.9 Å². The Morgan fingerprint density at radius 2 is 1.65 bits per heavy atom. The summed E-state index contributed by atoms with van der Waals surface area (Å²) in [5.74, 6) is 0. The summed E-state index contributed by atoms with van der Waals surface area (Å²) in [6, 6.07) is 21.4. The van der Waals surface area contributed by atoms with Crippen molar-refractivity contribution in [2.24, 2.45) is 0 Å². The van der Waals surface area contributed by atoms with Gasteiger partial charge in [0.2, 0.25) is 0 Å². The topological polar surface area (TPSA) is 37.3 Å². The quantitative estimate of drug-likeness (QED) is 0.569. The summed E-state index contributed by atoms with van der Waals surface area (Å²) in [6.07, 6.45) is 0. The van der Waals surface area contributed by atoms with E-state index >= 15 is 0 Å². The van der Waals surface area contributed by atoms with Gasteiger partial charge in [-0.1, -0.05) is 54.6 Å². The number of rotatable bonds is 2. The molecule has 0 saturated carbocycles. The second-order valence-electron chi connectivity index (χ2n) is 4.30. The van der Waals surface area contributed by atoms with Gasteiger partial charge in [0.05, 0.1) is 4.90 Å². The molecule has 2 nitrogen and oxygen atoms in total. The van der Waals surface area contributed by atoms with Crippen LogP contribution >= 0.6 is 0 Å². The zero-order valence-corrected chi connectivity index (χ0v) is 13.9. The summed E-state index contributed by atoms with van der Waals surface area (Å²) in [5, 5.41) is 2.06. The summed E-state index contributed by atoms with van der Waals surface area (Å²) in [4.78, 5) is 0.427. The van der Waals surface area contributed by atoms with Crippen molar-refractivity contribution in [2.45, 2.75) is 4.90 Å². The van der Waals surface area contributed by atoms with Gasteiger partial charge >= 0.3 is 29.6 Å². The first kappa shape index (κ1) is 15.4. The van der Waals surface area contributed by atoms with Crippen LogP contribution < -0.4 is 29.6 Å². The Bertz CT molecular complexity index is 763. The van der Waals surface area contributed by atoms with Crippen LogP contribution in [-0.4, -0.2) is 8.76 Å². The van der Waals surface area contributed by atoms with Crippen LogP contribution in [0.1, 0.15) is 1.43 Å². The minimum absolute atomic E-state index is 0. The summed E-state index contributed by atoms with van der Waals surface area (Å²) in [6.45, 7) is 0. The molecule has 3 aromatic carbocycles. The predicted molar refractivity (Wildman–Crippen MR) is 79.5 cm³/mol. The van der Waals surface area contributed by atoms with E-state index < -0.39 is 11.1 Å². The Morgan fingerprint density at radius 3 is 2.35 bits per heavy atom. The van der Waals surface area contributed by atoms with Gasteiger partial charge in [-0.25, -0.2) is 4.21 Å². The maximum atomic E-state index is 11.2. The van der Waals surface area contributed by atoms with Crippen molar-refractivity contribution in [2.75, 3.05) is 0 Å². The molecule has 0 aromatic heterocycles. The molecule has 1 atom stereocenters. The fourth-order valence-corrected chi connectivity index (χ4v) is 2.63. The monoisotopic (exact) mass is 292 g/mol. The molecule has 0 aliphatic rings. The SMILES string of the molecule is O=S(O)c1ccc2cccc(-c3ccccc3)c2c1.[H-].[Na+]. The van der Waals surface area contributed by atoms with Crippen LogP contribution in [-0.2, 0) is 11.1 Å². The van der Waals surface area contributed by atoms with Crippen LogP contribution in [0.2, 0.25) is 0 Å². The Kier molecular flexibility index (Phi) is 5.13. The van der Waals surface area contributed by atoms with Crippen LogP contribution in [0.3, 0.4) is 0 Å². The average molecular weight is 292 g/mol. The minimum Gasteiger partial charge on any atom is -1.00 e. The third kappa shape index (κ3) is 3.03. The Balaban J connectivity index is 0.00000110. The molecular weight excluding hydrogens is 279 g/mol. The first-order chi connectivity index (χ1) is 9.25. The van der Waals surface area contributed by atoms with E-state index in [1.54, 1.807) is 12.1 Å². The van der Waals surface area contributed by atoms with Crippen LogP contribution in [0, 0.1) is 0 Å². The van der Waals surface area contributed by atoms with E-state index in [-0.39, 0.29) is 31.0 Å². The number of benzene rings is 3. The predicted octanol–water partition coefficient (Wildman–Crippen LogP) is 1.20. The molecule has 0 saturated heterocycles. The molecule has 1 N–H and O–H groups in total. The summed E-state index contributed by atoms with van der Waals surface area (Å²) in [5.41, 5.74) is 2.18. The van der Waals surface area contributed by atoms with Crippen molar-refractivity contribution in [1.29, 1.82) is 0 Å². The van der Waals surface area contributed by atoms with E-state index in [4.69, 9.17) is 0 Å².